The van der Waals surface area contributed by atoms with E-state index in [1.165, 1.54) is 41.6 Å². The second kappa shape index (κ2) is 5.78. The molecule has 1 amide bonds. The lowest BCUT2D eigenvalue weighted by atomic mass is 10.3. The predicted octanol–water partition coefficient (Wildman–Crippen LogP) is 3.21. The zero-order valence-corrected chi connectivity index (χ0v) is 9.53. The Hall–Kier alpha value is -1.00. The first-order chi connectivity index (χ1) is 7.17. The molecule has 0 spiro atoms. The van der Waals surface area contributed by atoms with Crippen LogP contribution in [-0.2, 0) is 4.79 Å². The minimum atomic E-state index is -0.342. The van der Waals surface area contributed by atoms with Gasteiger partial charge in [-0.1, -0.05) is 11.6 Å². The smallest absolute Gasteiger partial charge is 0.262 e. The van der Waals surface area contributed by atoms with Gasteiger partial charge >= 0.3 is 0 Å². The van der Waals surface area contributed by atoms with E-state index in [2.05, 4.69) is 5.32 Å². The van der Waals surface area contributed by atoms with Crippen molar-refractivity contribution >= 4 is 35.0 Å². The van der Waals surface area contributed by atoms with Crippen LogP contribution in [0.1, 0.15) is 0 Å². The molecular formula is C10H9ClFNOS. The third kappa shape index (κ3) is 3.57. The molecule has 2 nitrogen and oxygen atoms in total. The van der Waals surface area contributed by atoms with Gasteiger partial charge in [-0.2, -0.15) is 0 Å². The number of hydrogen-bond acceptors (Lipinski definition) is 2. The Kier molecular flexibility index (Phi) is 4.65. The van der Waals surface area contributed by atoms with Crippen molar-refractivity contribution in [2.75, 3.05) is 11.6 Å². The molecule has 1 N–H and O–H groups in total. The van der Waals surface area contributed by atoms with Crippen LogP contribution in [0.4, 0.5) is 10.1 Å². The van der Waals surface area contributed by atoms with Crippen molar-refractivity contribution in [2.45, 2.75) is 0 Å². The van der Waals surface area contributed by atoms with Crippen LogP contribution in [0.15, 0.2) is 34.7 Å². The van der Waals surface area contributed by atoms with Gasteiger partial charge in [-0.05, 0) is 30.5 Å². The summed E-state index contributed by atoms with van der Waals surface area (Å²) in [6.07, 6.45) is 1.75. The number of nitrogens with one attached hydrogen (secondary N) is 1. The SMILES string of the molecule is CS/C(=C\Cl)C(=O)Nc1ccc(F)cc1. The van der Waals surface area contributed by atoms with Gasteiger partial charge in [-0.15, -0.1) is 11.8 Å². The highest BCUT2D eigenvalue weighted by Gasteiger charge is 2.07. The summed E-state index contributed by atoms with van der Waals surface area (Å²) >= 11 is 6.69. The van der Waals surface area contributed by atoms with E-state index in [0.717, 1.165) is 0 Å². The lowest BCUT2D eigenvalue weighted by Gasteiger charge is -2.05. The highest BCUT2D eigenvalue weighted by atomic mass is 35.5. The quantitative estimate of drug-likeness (QED) is 0.829. The summed E-state index contributed by atoms with van der Waals surface area (Å²) in [7, 11) is 0. The van der Waals surface area contributed by atoms with Crippen molar-refractivity contribution in [3.05, 3.63) is 40.5 Å². The minimum absolute atomic E-state index is 0.302. The van der Waals surface area contributed by atoms with Crippen molar-refractivity contribution < 1.29 is 9.18 Å². The minimum Gasteiger partial charge on any atom is -0.322 e. The Bertz CT molecular complexity index is 378. The zero-order valence-electron chi connectivity index (χ0n) is 7.96. The number of benzene rings is 1. The van der Waals surface area contributed by atoms with Crippen LogP contribution in [0.5, 0.6) is 0 Å². The number of amides is 1. The van der Waals surface area contributed by atoms with E-state index in [4.69, 9.17) is 11.6 Å². The van der Waals surface area contributed by atoms with E-state index >= 15 is 0 Å². The monoisotopic (exact) mass is 245 g/mol. The maximum atomic E-state index is 12.6. The normalized spacial score (nSPS) is 11.3. The van der Waals surface area contributed by atoms with Crippen molar-refractivity contribution in [1.29, 1.82) is 0 Å². The molecule has 0 aliphatic carbocycles. The maximum absolute atomic E-state index is 12.6. The molecule has 0 saturated heterocycles. The van der Waals surface area contributed by atoms with Gasteiger partial charge in [0.05, 0.1) is 4.91 Å². The molecule has 0 atom stereocenters. The van der Waals surface area contributed by atoms with Crippen LogP contribution >= 0.6 is 23.4 Å². The average molecular weight is 246 g/mol. The summed E-state index contributed by atoms with van der Waals surface area (Å²) in [5, 5.41) is 2.59. The molecule has 0 unspecified atom stereocenters. The molecule has 15 heavy (non-hydrogen) atoms. The summed E-state index contributed by atoms with van der Waals surface area (Å²) in [5.41, 5.74) is 1.75. The first-order valence-electron chi connectivity index (χ1n) is 4.08. The lowest BCUT2D eigenvalue weighted by Crippen LogP contribution is -2.12. The Balaban J connectivity index is 2.70. The molecule has 1 rings (SSSR count). The fraction of sp³-hybridized carbons (Fsp3) is 0.100. The van der Waals surface area contributed by atoms with E-state index in [0.29, 0.717) is 10.6 Å². The Labute approximate surface area is 96.5 Å². The molecule has 80 valence electrons. The molecule has 5 heteroatoms. The van der Waals surface area contributed by atoms with Gasteiger partial charge in [0.1, 0.15) is 5.82 Å². The standard InChI is InChI=1S/C10H9ClFNOS/c1-15-9(6-11)10(14)13-8-4-2-7(12)3-5-8/h2-6H,1H3,(H,13,14)/b9-6-. The molecule has 0 radical (unpaired) electrons. The van der Waals surface area contributed by atoms with Gasteiger partial charge in [0.25, 0.3) is 5.91 Å². The Morgan fingerprint density at radius 3 is 2.53 bits per heavy atom. The molecule has 1 aromatic carbocycles. The summed E-state index contributed by atoms with van der Waals surface area (Å²) in [6, 6.07) is 5.52. The number of rotatable bonds is 3. The predicted molar refractivity (Wildman–Crippen MR) is 62.5 cm³/mol. The van der Waals surface area contributed by atoms with Gasteiger partial charge in [0, 0.05) is 11.2 Å². The Morgan fingerprint density at radius 2 is 2.07 bits per heavy atom. The second-order valence-electron chi connectivity index (χ2n) is 2.64. The van der Waals surface area contributed by atoms with Gasteiger partial charge in [-0.25, -0.2) is 4.39 Å². The molecule has 0 aliphatic heterocycles. The van der Waals surface area contributed by atoms with E-state index in [-0.39, 0.29) is 11.7 Å². The van der Waals surface area contributed by atoms with Gasteiger partial charge in [0.15, 0.2) is 0 Å². The number of carbonyl (C=O) groups is 1. The summed E-state index contributed by atoms with van der Waals surface area (Å²) in [6.45, 7) is 0. The van der Waals surface area contributed by atoms with Gasteiger partial charge in [0.2, 0.25) is 0 Å². The second-order valence-corrected chi connectivity index (χ2v) is 3.70. The molecule has 1 aromatic rings. The van der Waals surface area contributed by atoms with Crippen molar-refractivity contribution in [1.82, 2.24) is 0 Å². The molecule has 0 bridgehead atoms. The van der Waals surface area contributed by atoms with Crippen molar-refractivity contribution in [2.24, 2.45) is 0 Å². The number of hydrogen-bond donors (Lipinski definition) is 1. The maximum Gasteiger partial charge on any atom is 0.262 e. The van der Waals surface area contributed by atoms with Crippen LogP contribution in [-0.4, -0.2) is 12.2 Å². The average Bonchev–Trinajstić information content (AvgIpc) is 2.23. The first-order valence-corrected chi connectivity index (χ1v) is 5.74. The largest absolute Gasteiger partial charge is 0.322 e. The fourth-order valence-electron chi connectivity index (χ4n) is 0.913. The zero-order chi connectivity index (χ0) is 11.3. The lowest BCUT2D eigenvalue weighted by molar-refractivity contribution is -0.112. The van der Waals surface area contributed by atoms with E-state index < -0.39 is 0 Å². The fourth-order valence-corrected chi connectivity index (χ4v) is 1.60. The van der Waals surface area contributed by atoms with Crippen molar-refractivity contribution in [3.8, 4) is 0 Å². The van der Waals surface area contributed by atoms with Crippen LogP contribution in [0.25, 0.3) is 0 Å². The van der Waals surface area contributed by atoms with Crippen LogP contribution in [0.2, 0.25) is 0 Å². The summed E-state index contributed by atoms with van der Waals surface area (Å²) in [4.78, 5) is 11.9. The third-order valence-electron chi connectivity index (χ3n) is 1.64. The molecule has 0 aromatic heterocycles. The van der Waals surface area contributed by atoms with E-state index in [1.807, 2.05) is 0 Å². The van der Waals surface area contributed by atoms with Crippen LogP contribution < -0.4 is 5.32 Å². The van der Waals surface area contributed by atoms with Gasteiger partial charge < -0.3 is 5.32 Å². The van der Waals surface area contributed by atoms with Gasteiger partial charge in [-0.3, -0.25) is 4.79 Å². The number of anilines is 1. The number of thioether (sulfide) groups is 1. The highest BCUT2D eigenvalue weighted by molar-refractivity contribution is 8.03. The first kappa shape index (κ1) is 12.1. The molecule has 0 heterocycles. The van der Waals surface area contributed by atoms with E-state index in [9.17, 15) is 9.18 Å². The van der Waals surface area contributed by atoms with Crippen LogP contribution in [0, 0.1) is 5.82 Å². The third-order valence-corrected chi connectivity index (χ3v) is 2.74. The Morgan fingerprint density at radius 1 is 1.47 bits per heavy atom. The van der Waals surface area contributed by atoms with Crippen LogP contribution in [0.3, 0.4) is 0 Å². The van der Waals surface area contributed by atoms with E-state index in [1.54, 1.807) is 6.26 Å². The summed E-state index contributed by atoms with van der Waals surface area (Å²) < 4.78 is 12.6. The molecule has 0 saturated carbocycles. The van der Waals surface area contributed by atoms with Crippen molar-refractivity contribution in [3.63, 3.8) is 0 Å². The molecular weight excluding hydrogens is 237 g/mol. The summed E-state index contributed by atoms with van der Waals surface area (Å²) in [5.74, 6) is -0.643. The topological polar surface area (TPSA) is 29.1 Å². The molecule has 0 fully saturated rings. The number of halogens is 2. The number of carbonyl (C=O) groups excluding carboxylic acids is 1. The molecule has 0 aliphatic rings. The highest BCUT2D eigenvalue weighted by Crippen LogP contribution is 2.16.